The van der Waals surface area contributed by atoms with Crippen molar-refractivity contribution in [3.05, 3.63) is 77.8 Å². The first kappa shape index (κ1) is 22.8. The number of halogens is 1. The van der Waals surface area contributed by atoms with Crippen LogP contribution >= 0.6 is 24.2 Å². The van der Waals surface area contributed by atoms with E-state index in [1.54, 1.807) is 36.4 Å². The second-order valence-electron chi connectivity index (χ2n) is 6.92. The minimum atomic E-state index is -4.17. The molecule has 1 aromatic heterocycles. The number of aromatic amines is 1. The highest BCUT2D eigenvalue weighted by atomic mass is 35.5. The number of hydrogen-bond donors (Lipinski definition) is 3. The fraction of sp³-hybridized carbons (Fsp3) is 0.0455. The van der Waals surface area contributed by atoms with Gasteiger partial charge in [-0.2, -0.15) is 0 Å². The standard InChI is InChI=1S/C22H17ClN4O4S2/c23-14-9-11-15(12-10-14)27(33(30,31)19-8-4-3-7-18(19)32)13-20(28)25-26-21-16-5-1-2-6-17(16)24-22(21)29/h1-12,24,29,32H,13H2. The molecule has 3 aromatic carbocycles. The molecule has 0 bridgehead atoms. The van der Waals surface area contributed by atoms with Gasteiger partial charge in [-0.25, -0.2) is 8.42 Å². The number of sulfonamides is 1. The molecule has 33 heavy (non-hydrogen) atoms. The number of thiol groups is 1. The molecular weight excluding hydrogens is 484 g/mol. The zero-order valence-corrected chi connectivity index (χ0v) is 19.3. The second kappa shape index (κ2) is 9.26. The number of carbonyl (C=O) groups is 1. The van der Waals surface area contributed by atoms with E-state index in [1.165, 1.54) is 36.4 Å². The Balaban J connectivity index is 1.69. The zero-order chi connectivity index (χ0) is 23.6. The summed E-state index contributed by atoms with van der Waals surface area (Å²) in [6.45, 7) is -0.626. The summed E-state index contributed by atoms with van der Waals surface area (Å²) < 4.78 is 27.7. The van der Waals surface area contributed by atoms with Gasteiger partial charge in [0.25, 0.3) is 15.9 Å². The van der Waals surface area contributed by atoms with Crippen LogP contribution in [0.1, 0.15) is 0 Å². The normalized spacial score (nSPS) is 11.8. The predicted molar refractivity (Wildman–Crippen MR) is 129 cm³/mol. The monoisotopic (exact) mass is 500 g/mol. The number of hydrogen-bond acceptors (Lipinski definition) is 6. The highest BCUT2D eigenvalue weighted by molar-refractivity contribution is 7.93. The van der Waals surface area contributed by atoms with Gasteiger partial charge < -0.3 is 10.1 Å². The average molecular weight is 501 g/mol. The molecule has 11 heteroatoms. The Morgan fingerprint density at radius 1 is 1.03 bits per heavy atom. The SMILES string of the molecule is O=C(CN(c1ccc(Cl)cc1)S(=O)(=O)c1ccccc1S)N=Nc1c(O)[nH]c2ccccc12. The van der Waals surface area contributed by atoms with Gasteiger partial charge >= 0.3 is 0 Å². The Hall–Kier alpha value is -3.34. The van der Waals surface area contributed by atoms with E-state index < -0.39 is 22.5 Å². The van der Waals surface area contributed by atoms with Gasteiger partial charge in [-0.1, -0.05) is 41.9 Å². The summed E-state index contributed by atoms with van der Waals surface area (Å²) >= 11 is 10.2. The van der Waals surface area contributed by atoms with E-state index >= 15 is 0 Å². The fourth-order valence-electron chi connectivity index (χ4n) is 3.19. The molecule has 0 saturated carbocycles. The molecule has 0 aliphatic heterocycles. The van der Waals surface area contributed by atoms with Crippen molar-refractivity contribution in [3.63, 3.8) is 0 Å². The van der Waals surface area contributed by atoms with Crippen molar-refractivity contribution in [2.45, 2.75) is 9.79 Å². The van der Waals surface area contributed by atoms with Crippen molar-refractivity contribution < 1.29 is 18.3 Å². The fourth-order valence-corrected chi connectivity index (χ4v) is 5.32. The number of carbonyl (C=O) groups excluding carboxylic acids is 1. The molecule has 0 unspecified atom stereocenters. The van der Waals surface area contributed by atoms with Crippen LogP contribution in [0.2, 0.25) is 5.02 Å². The number of para-hydroxylation sites is 1. The molecule has 0 spiro atoms. The number of aromatic nitrogens is 1. The third-order valence-electron chi connectivity index (χ3n) is 4.75. The smallest absolute Gasteiger partial charge is 0.285 e. The second-order valence-corrected chi connectivity index (χ2v) is 9.67. The topological polar surface area (TPSA) is 115 Å². The third-order valence-corrected chi connectivity index (χ3v) is 7.37. The Labute approximate surface area is 200 Å². The number of H-pyrrole nitrogens is 1. The van der Waals surface area contributed by atoms with Crippen LogP contribution in [0, 0.1) is 0 Å². The number of nitrogens with zero attached hydrogens (tertiary/aromatic N) is 3. The van der Waals surface area contributed by atoms with Gasteiger partial charge in [0, 0.05) is 15.3 Å². The van der Waals surface area contributed by atoms with Gasteiger partial charge in [0.15, 0.2) is 5.69 Å². The van der Waals surface area contributed by atoms with E-state index in [0.717, 1.165) is 4.31 Å². The van der Waals surface area contributed by atoms with Crippen LogP contribution in [0.3, 0.4) is 0 Å². The average Bonchev–Trinajstić information content (AvgIpc) is 3.11. The first-order chi connectivity index (χ1) is 15.8. The van der Waals surface area contributed by atoms with Crippen molar-refractivity contribution in [1.29, 1.82) is 0 Å². The zero-order valence-electron chi connectivity index (χ0n) is 16.9. The Bertz CT molecular complexity index is 1470. The minimum Gasteiger partial charge on any atom is -0.493 e. The molecule has 0 radical (unpaired) electrons. The van der Waals surface area contributed by atoms with E-state index in [1.807, 2.05) is 0 Å². The van der Waals surface area contributed by atoms with Crippen LogP contribution in [0.4, 0.5) is 11.4 Å². The molecule has 8 nitrogen and oxygen atoms in total. The maximum absolute atomic E-state index is 13.4. The van der Waals surface area contributed by atoms with Crippen LogP contribution in [-0.4, -0.2) is 31.0 Å². The van der Waals surface area contributed by atoms with E-state index in [-0.39, 0.29) is 27.0 Å². The van der Waals surface area contributed by atoms with Crippen molar-refractivity contribution >= 4 is 62.4 Å². The molecule has 4 rings (SSSR count). The number of amides is 1. The van der Waals surface area contributed by atoms with Crippen molar-refractivity contribution in [2.75, 3.05) is 10.8 Å². The molecule has 0 aliphatic rings. The number of nitrogens with one attached hydrogen (secondary N) is 1. The molecule has 4 aromatic rings. The largest absolute Gasteiger partial charge is 0.493 e. The lowest BCUT2D eigenvalue weighted by Gasteiger charge is -2.23. The number of rotatable bonds is 6. The molecule has 2 N–H and O–H groups in total. The highest BCUT2D eigenvalue weighted by Crippen LogP contribution is 2.35. The molecule has 0 saturated heterocycles. The summed E-state index contributed by atoms with van der Waals surface area (Å²) in [5, 5.41) is 18.6. The lowest BCUT2D eigenvalue weighted by molar-refractivity contribution is -0.116. The first-order valence-electron chi connectivity index (χ1n) is 9.58. The Morgan fingerprint density at radius 2 is 1.70 bits per heavy atom. The maximum Gasteiger partial charge on any atom is 0.285 e. The number of anilines is 1. The van der Waals surface area contributed by atoms with Gasteiger partial charge in [-0.3, -0.25) is 9.10 Å². The Morgan fingerprint density at radius 3 is 2.42 bits per heavy atom. The molecule has 0 aliphatic carbocycles. The van der Waals surface area contributed by atoms with E-state index in [4.69, 9.17) is 11.6 Å². The van der Waals surface area contributed by atoms with Gasteiger partial charge in [0.2, 0.25) is 5.88 Å². The Kier molecular flexibility index (Phi) is 6.41. The first-order valence-corrected chi connectivity index (χ1v) is 11.8. The third kappa shape index (κ3) is 4.72. The van der Waals surface area contributed by atoms with Crippen molar-refractivity contribution in [3.8, 4) is 5.88 Å². The highest BCUT2D eigenvalue weighted by Gasteiger charge is 2.29. The summed E-state index contributed by atoms with van der Waals surface area (Å²) in [4.78, 5) is 15.6. The van der Waals surface area contributed by atoms with Crippen LogP contribution in [0.25, 0.3) is 10.9 Å². The molecular formula is C22H17ClN4O4S2. The number of aromatic hydroxyl groups is 1. The van der Waals surface area contributed by atoms with Gasteiger partial charge in [-0.05, 0) is 42.5 Å². The van der Waals surface area contributed by atoms with Crippen LogP contribution < -0.4 is 4.31 Å². The van der Waals surface area contributed by atoms with E-state index in [0.29, 0.717) is 15.9 Å². The molecule has 1 amide bonds. The molecule has 0 fully saturated rings. The van der Waals surface area contributed by atoms with Crippen LogP contribution in [0.5, 0.6) is 5.88 Å². The summed E-state index contributed by atoms with van der Waals surface area (Å²) in [6, 6.07) is 19.1. The number of fused-ring (bicyclic) bond motifs is 1. The number of azo groups is 1. The quantitative estimate of drug-likeness (QED) is 0.245. The van der Waals surface area contributed by atoms with E-state index in [9.17, 15) is 18.3 Å². The number of benzene rings is 3. The van der Waals surface area contributed by atoms with Crippen LogP contribution in [0.15, 0.2) is 92.8 Å². The lowest BCUT2D eigenvalue weighted by atomic mass is 10.2. The molecule has 0 atom stereocenters. The van der Waals surface area contributed by atoms with Gasteiger partial charge in [0.05, 0.1) is 11.2 Å². The van der Waals surface area contributed by atoms with Crippen molar-refractivity contribution in [1.82, 2.24) is 4.98 Å². The molecule has 1 heterocycles. The van der Waals surface area contributed by atoms with Gasteiger partial charge in [0.1, 0.15) is 11.4 Å². The minimum absolute atomic E-state index is 0.0673. The summed E-state index contributed by atoms with van der Waals surface area (Å²) in [7, 11) is -4.17. The van der Waals surface area contributed by atoms with Gasteiger partial charge in [-0.15, -0.1) is 22.9 Å². The lowest BCUT2D eigenvalue weighted by Crippen LogP contribution is -2.35. The summed E-state index contributed by atoms with van der Waals surface area (Å²) in [6.07, 6.45) is 0. The van der Waals surface area contributed by atoms with E-state index in [2.05, 4.69) is 27.8 Å². The molecule has 168 valence electrons. The maximum atomic E-state index is 13.4. The van der Waals surface area contributed by atoms with Crippen molar-refractivity contribution in [2.24, 2.45) is 10.2 Å². The van der Waals surface area contributed by atoms with Crippen LogP contribution in [-0.2, 0) is 14.8 Å². The summed E-state index contributed by atoms with van der Waals surface area (Å²) in [5.74, 6) is -1.09. The predicted octanol–water partition coefficient (Wildman–Crippen LogP) is 5.32. The summed E-state index contributed by atoms with van der Waals surface area (Å²) in [5.41, 5.74) is 0.919.